The van der Waals surface area contributed by atoms with Crippen LogP contribution in [0.5, 0.6) is 5.75 Å². The van der Waals surface area contributed by atoms with Gasteiger partial charge in [0, 0.05) is 64.0 Å². The summed E-state index contributed by atoms with van der Waals surface area (Å²) in [6.07, 6.45) is 4.05. The lowest BCUT2D eigenvalue weighted by molar-refractivity contribution is -0.134. The van der Waals surface area contributed by atoms with E-state index in [4.69, 9.17) is 4.74 Å². The van der Waals surface area contributed by atoms with Gasteiger partial charge in [-0.15, -0.1) is 10.2 Å². The Hall–Kier alpha value is -2.71. The summed E-state index contributed by atoms with van der Waals surface area (Å²) < 4.78 is 5.30. The van der Waals surface area contributed by atoms with E-state index in [2.05, 4.69) is 29.8 Å². The predicted molar refractivity (Wildman–Crippen MR) is 128 cm³/mol. The highest BCUT2D eigenvalue weighted by molar-refractivity contribution is 5.78. The lowest BCUT2D eigenvalue weighted by Crippen LogP contribution is -2.56. The van der Waals surface area contributed by atoms with Crippen LogP contribution < -0.4 is 9.64 Å². The Labute approximate surface area is 196 Å². The number of ether oxygens (including phenoxy) is 1. The molecule has 5 rings (SSSR count). The molecule has 176 valence electrons. The van der Waals surface area contributed by atoms with E-state index < -0.39 is 0 Å². The Balaban J connectivity index is 1.09. The summed E-state index contributed by atoms with van der Waals surface area (Å²) in [7, 11) is 1.66. The second-order valence-electron chi connectivity index (χ2n) is 9.27. The van der Waals surface area contributed by atoms with Crippen molar-refractivity contribution in [3.05, 3.63) is 36.4 Å². The number of amides is 1. The maximum Gasteiger partial charge on any atom is 0.236 e. The number of benzene rings is 1. The summed E-state index contributed by atoms with van der Waals surface area (Å²) in [5.41, 5.74) is 1.82. The maximum absolute atomic E-state index is 12.8. The number of carbonyl (C=O) groups excluding carboxylic acids is 1. The molecule has 8 nitrogen and oxygen atoms in total. The van der Waals surface area contributed by atoms with E-state index in [0.717, 1.165) is 81.2 Å². The molecule has 1 aromatic heterocycles. The summed E-state index contributed by atoms with van der Waals surface area (Å²) in [4.78, 5) is 22.0. The monoisotopic (exact) mass is 450 g/mol. The van der Waals surface area contributed by atoms with Crippen molar-refractivity contribution in [2.45, 2.75) is 25.3 Å². The van der Waals surface area contributed by atoms with Gasteiger partial charge in [0.05, 0.1) is 19.3 Å². The molecule has 8 heteroatoms. The number of rotatable bonds is 6. The van der Waals surface area contributed by atoms with E-state index in [9.17, 15) is 4.79 Å². The average Bonchev–Trinajstić information content (AvgIpc) is 2.84. The number of hydrogen-bond acceptors (Lipinski definition) is 7. The Kier molecular flexibility index (Phi) is 6.73. The molecule has 3 aliphatic rings. The molecule has 0 unspecified atom stereocenters. The molecule has 1 amide bonds. The molecule has 0 bridgehead atoms. The highest BCUT2D eigenvalue weighted by Gasteiger charge is 2.30. The Morgan fingerprint density at radius 1 is 0.970 bits per heavy atom. The lowest BCUT2D eigenvalue weighted by Gasteiger charge is -2.43. The third kappa shape index (κ3) is 5.12. The highest BCUT2D eigenvalue weighted by Crippen LogP contribution is 2.26. The van der Waals surface area contributed by atoms with Crippen molar-refractivity contribution in [2.75, 3.05) is 70.9 Å². The van der Waals surface area contributed by atoms with Crippen molar-refractivity contribution in [2.24, 2.45) is 0 Å². The van der Waals surface area contributed by atoms with Crippen LogP contribution in [-0.2, 0) is 4.79 Å². The van der Waals surface area contributed by atoms with E-state index >= 15 is 0 Å². The molecular weight excluding hydrogens is 416 g/mol. The number of nitrogens with zero attached hydrogens (tertiary/aromatic N) is 6. The smallest absolute Gasteiger partial charge is 0.236 e. The third-order valence-corrected chi connectivity index (χ3v) is 7.33. The van der Waals surface area contributed by atoms with Crippen molar-refractivity contribution in [3.8, 4) is 17.0 Å². The van der Waals surface area contributed by atoms with Crippen molar-refractivity contribution < 1.29 is 9.53 Å². The first-order chi connectivity index (χ1) is 16.2. The number of anilines is 1. The van der Waals surface area contributed by atoms with Crippen LogP contribution in [0.25, 0.3) is 11.3 Å². The molecule has 0 N–H and O–H groups in total. The van der Waals surface area contributed by atoms with Crippen LogP contribution in [0.2, 0.25) is 0 Å². The molecule has 2 aromatic rings. The minimum absolute atomic E-state index is 0.277. The van der Waals surface area contributed by atoms with Gasteiger partial charge in [-0.05, 0) is 37.1 Å². The van der Waals surface area contributed by atoms with Crippen LogP contribution in [0.15, 0.2) is 36.4 Å². The van der Waals surface area contributed by atoms with E-state index in [1.54, 1.807) is 7.11 Å². The predicted octanol–water partition coefficient (Wildman–Crippen LogP) is 1.97. The van der Waals surface area contributed by atoms with Crippen LogP contribution in [0, 0.1) is 0 Å². The summed E-state index contributed by atoms with van der Waals surface area (Å²) in [5.74, 6) is 1.98. The van der Waals surface area contributed by atoms with Crippen LogP contribution in [0.3, 0.4) is 0 Å². The van der Waals surface area contributed by atoms with Crippen LogP contribution >= 0.6 is 0 Å². The molecule has 0 spiro atoms. The van der Waals surface area contributed by atoms with Gasteiger partial charge in [-0.25, -0.2) is 0 Å². The van der Waals surface area contributed by atoms with Crippen LogP contribution in [0.1, 0.15) is 19.3 Å². The van der Waals surface area contributed by atoms with Gasteiger partial charge in [0.15, 0.2) is 5.82 Å². The standard InChI is InChI=1S/C25H34N6O2/c1-33-22-7-2-4-20(18-22)23-8-9-24(27-26-23)30-12-10-28(11-13-30)19-25(32)31-16-14-29(15-17-31)21-5-3-6-21/h2,4,7-9,18,21H,3,5-6,10-17,19H2,1H3. The van der Waals surface area contributed by atoms with Crippen molar-refractivity contribution in [1.82, 2.24) is 24.9 Å². The zero-order chi connectivity index (χ0) is 22.6. The number of methoxy groups -OCH3 is 1. The zero-order valence-corrected chi connectivity index (χ0v) is 19.5. The molecule has 2 saturated heterocycles. The number of piperazine rings is 2. The molecule has 3 fully saturated rings. The van der Waals surface area contributed by atoms with E-state index in [1.165, 1.54) is 19.3 Å². The normalized spacial score (nSPS) is 20.5. The fraction of sp³-hybridized carbons (Fsp3) is 0.560. The molecule has 0 atom stereocenters. The largest absolute Gasteiger partial charge is 0.497 e. The van der Waals surface area contributed by atoms with Crippen molar-refractivity contribution >= 4 is 11.7 Å². The molecule has 1 aliphatic carbocycles. The fourth-order valence-electron chi connectivity index (χ4n) is 4.94. The first kappa shape index (κ1) is 22.1. The first-order valence-electron chi connectivity index (χ1n) is 12.2. The lowest BCUT2D eigenvalue weighted by atomic mass is 9.91. The van der Waals surface area contributed by atoms with Gasteiger partial charge in [0.1, 0.15) is 5.75 Å². The third-order valence-electron chi connectivity index (χ3n) is 7.33. The summed E-state index contributed by atoms with van der Waals surface area (Å²) in [6.45, 7) is 7.81. The van der Waals surface area contributed by atoms with Crippen LogP contribution in [-0.4, -0.2) is 103 Å². The number of hydrogen-bond donors (Lipinski definition) is 0. The molecule has 33 heavy (non-hydrogen) atoms. The van der Waals surface area contributed by atoms with Crippen molar-refractivity contribution in [1.29, 1.82) is 0 Å². The van der Waals surface area contributed by atoms with Gasteiger partial charge in [0.2, 0.25) is 5.91 Å². The molecule has 0 radical (unpaired) electrons. The summed E-state index contributed by atoms with van der Waals surface area (Å²) in [6, 6.07) is 12.7. The fourth-order valence-corrected chi connectivity index (χ4v) is 4.94. The molecular formula is C25H34N6O2. The van der Waals surface area contributed by atoms with Gasteiger partial charge in [-0.3, -0.25) is 14.6 Å². The maximum atomic E-state index is 12.8. The second-order valence-corrected chi connectivity index (χ2v) is 9.27. The van der Waals surface area contributed by atoms with Gasteiger partial charge in [-0.2, -0.15) is 0 Å². The van der Waals surface area contributed by atoms with Crippen LogP contribution in [0.4, 0.5) is 5.82 Å². The van der Waals surface area contributed by atoms with Crippen molar-refractivity contribution in [3.63, 3.8) is 0 Å². The Morgan fingerprint density at radius 3 is 2.39 bits per heavy atom. The highest BCUT2D eigenvalue weighted by atomic mass is 16.5. The quantitative estimate of drug-likeness (QED) is 0.667. The average molecular weight is 451 g/mol. The van der Waals surface area contributed by atoms with Gasteiger partial charge < -0.3 is 14.5 Å². The number of aromatic nitrogens is 2. The SMILES string of the molecule is COc1cccc(-c2ccc(N3CCN(CC(=O)N4CCN(C5CCC5)CC4)CC3)nn2)c1. The van der Waals surface area contributed by atoms with E-state index in [0.29, 0.717) is 6.54 Å². The Morgan fingerprint density at radius 2 is 1.76 bits per heavy atom. The Bertz CT molecular complexity index is 932. The van der Waals surface area contributed by atoms with Gasteiger partial charge >= 0.3 is 0 Å². The summed E-state index contributed by atoms with van der Waals surface area (Å²) >= 11 is 0. The second kappa shape index (κ2) is 10.1. The molecule has 2 aliphatic heterocycles. The molecule has 1 saturated carbocycles. The summed E-state index contributed by atoms with van der Waals surface area (Å²) in [5, 5.41) is 8.89. The first-order valence-corrected chi connectivity index (χ1v) is 12.2. The van der Waals surface area contributed by atoms with Gasteiger partial charge in [0.25, 0.3) is 0 Å². The zero-order valence-electron chi connectivity index (χ0n) is 19.5. The minimum Gasteiger partial charge on any atom is -0.497 e. The molecule has 1 aromatic carbocycles. The minimum atomic E-state index is 0.277. The number of carbonyl (C=O) groups is 1. The van der Waals surface area contributed by atoms with E-state index in [1.807, 2.05) is 36.4 Å². The van der Waals surface area contributed by atoms with Gasteiger partial charge in [-0.1, -0.05) is 18.6 Å². The molecule has 3 heterocycles. The van der Waals surface area contributed by atoms with E-state index in [-0.39, 0.29) is 5.91 Å². The topological polar surface area (TPSA) is 65.0 Å².